The second kappa shape index (κ2) is 5.15. The topological polar surface area (TPSA) is 70.6 Å². The lowest BCUT2D eigenvalue weighted by Crippen LogP contribution is -2.40. The molecule has 0 aromatic heterocycles. The van der Waals surface area contributed by atoms with Crippen LogP contribution in [0.5, 0.6) is 0 Å². The molecule has 0 atom stereocenters. The fourth-order valence-corrected chi connectivity index (χ4v) is 1.04. The van der Waals surface area contributed by atoms with Gasteiger partial charge in [0.15, 0.2) is 6.61 Å². The third-order valence-corrected chi connectivity index (χ3v) is 1.99. The molecule has 0 amide bonds. The zero-order valence-electron chi connectivity index (χ0n) is 9.14. The van der Waals surface area contributed by atoms with Crippen molar-refractivity contribution in [2.75, 3.05) is 6.61 Å². The van der Waals surface area contributed by atoms with E-state index in [1.807, 2.05) is 0 Å². The molecule has 1 aliphatic heterocycles. The van der Waals surface area contributed by atoms with Gasteiger partial charge in [0.05, 0.1) is 0 Å². The van der Waals surface area contributed by atoms with Crippen molar-refractivity contribution in [2.24, 2.45) is 0 Å². The highest BCUT2D eigenvalue weighted by molar-refractivity contribution is 5.86. The Labute approximate surface area is 99.1 Å². The Morgan fingerprint density at radius 2 is 2.11 bits per heavy atom. The lowest BCUT2D eigenvalue weighted by molar-refractivity contribution is -0.159. The van der Waals surface area contributed by atoms with Crippen molar-refractivity contribution in [2.45, 2.75) is 19.3 Å². The summed E-state index contributed by atoms with van der Waals surface area (Å²) >= 11 is 0. The van der Waals surface area contributed by atoms with Crippen LogP contribution in [0.1, 0.15) is 6.92 Å². The predicted molar refractivity (Wildman–Crippen MR) is 51.6 cm³/mol. The first-order valence-electron chi connectivity index (χ1n) is 4.70. The van der Waals surface area contributed by atoms with Gasteiger partial charge in [-0.2, -0.15) is 8.78 Å². The van der Waals surface area contributed by atoms with Crippen molar-refractivity contribution < 1.29 is 32.2 Å². The molecular weight excluding hydrogens is 260 g/mol. The summed E-state index contributed by atoms with van der Waals surface area (Å²) in [5.41, 5.74) is 4.32. The molecule has 0 saturated heterocycles. The fraction of sp³-hybridized carbons (Fsp3) is 0.444. The van der Waals surface area contributed by atoms with Crippen LogP contribution < -0.4 is 10.9 Å². The summed E-state index contributed by atoms with van der Waals surface area (Å²) in [6.45, 7) is -0.130. The summed E-state index contributed by atoms with van der Waals surface area (Å²) in [4.78, 5) is 10.6. The smallest absolute Gasteiger partial charge is 0.353 e. The average Bonchev–Trinajstić information content (AvgIpc) is 2.26. The third kappa shape index (κ3) is 3.28. The standard InChI is InChI=1S/C9H10F4N2O3/c1-4-2-5(7(16)17)14-15-6(4)18-3-9(12,13)8(10)11/h2,8,14-15H,3H2,1H3,(H,16,17). The highest BCUT2D eigenvalue weighted by atomic mass is 19.3. The van der Waals surface area contributed by atoms with E-state index < -0.39 is 24.9 Å². The van der Waals surface area contributed by atoms with Crippen LogP contribution in [0.15, 0.2) is 23.2 Å². The van der Waals surface area contributed by atoms with Crippen LogP contribution in [-0.4, -0.2) is 30.0 Å². The van der Waals surface area contributed by atoms with Gasteiger partial charge in [-0.3, -0.25) is 10.9 Å². The van der Waals surface area contributed by atoms with Crippen LogP contribution in [0.25, 0.3) is 0 Å². The molecule has 1 heterocycles. The number of carbonyl (C=O) groups is 1. The van der Waals surface area contributed by atoms with Crippen molar-refractivity contribution in [1.29, 1.82) is 0 Å². The molecule has 5 nitrogen and oxygen atoms in total. The van der Waals surface area contributed by atoms with E-state index in [-0.39, 0.29) is 17.2 Å². The Bertz CT molecular complexity index is 407. The highest BCUT2D eigenvalue weighted by Crippen LogP contribution is 2.24. The van der Waals surface area contributed by atoms with Crippen LogP contribution in [0, 0.1) is 0 Å². The van der Waals surface area contributed by atoms with E-state index in [4.69, 9.17) is 5.11 Å². The maximum Gasteiger partial charge on any atom is 0.353 e. The van der Waals surface area contributed by atoms with Gasteiger partial charge >= 0.3 is 18.3 Å². The minimum atomic E-state index is -4.27. The number of aliphatic carboxylic acids is 1. The summed E-state index contributed by atoms with van der Waals surface area (Å²) in [6, 6.07) is 0. The van der Waals surface area contributed by atoms with Crippen LogP contribution in [-0.2, 0) is 9.53 Å². The van der Waals surface area contributed by atoms with Gasteiger partial charge in [-0.05, 0) is 13.0 Å². The minimum Gasteiger partial charge on any atom is -0.477 e. The van der Waals surface area contributed by atoms with Gasteiger partial charge in [0, 0.05) is 5.57 Å². The molecule has 0 bridgehead atoms. The maximum atomic E-state index is 12.6. The Morgan fingerprint density at radius 3 is 2.56 bits per heavy atom. The van der Waals surface area contributed by atoms with Crippen molar-refractivity contribution in [3.05, 3.63) is 23.2 Å². The Balaban J connectivity index is 2.70. The van der Waals surface area contributed by atoms with Gasteiger partial charge in [0.1, 0.15) is 5.70 Å². The molecule has 0 aromatic rings. The number of allylic oxidation sites excluding steroid dienone is 2. The van der Waals surface area contributed by atoms with E-state index >= 15 is 0 Å². The number of halogens is 4. The van der Waals surface area contributed by atoms with E-state index in [2.05, 4.69) is 15.6 Å². The van der Waals surface area contributed by atoms with E-state index in [1.54, 1.807) is 0 Å². The van der Waals surface area contributed by atoms with Gasteiger partial charge in [-0.25, -0.2) is 13.6 Å². The van der Waals surface area contributed by atoms with E-state index in [0.29, 0.717) is 0 Å². The fourth-order valence-electron chi connectivity index (χ4n) is 1.04. The summed E-state index contributed by atoms with van der Waals surface area (Å²) in [5, 5.41) is 8.62. The first kappa shape index (κ1) is 14.1. The summed E-state index contributed by atoms with van der Waals surface area (Å²) < 4.78 is 53.4. The number of hydrogen-bond donors (Lipinski definition) is 3. The number of carboxylic acid groups (broad SMARTS) is 1. The number of carboxylic acids is 1. The molecule has 1 rings (SSSR count). The van der Waals surface area contributed by atoms with E-state index in [9.17, 15) is 22.4 Å². The van der Waals surface area contributed by atoms with Gasteiger partial charge in [-0.15, -0.1) is 0 Å². The van der Waals surface area contributed by atoms with Gasteiger partial charge in [-0.1, -0.05) is 0 Å². The molecule has 0 saturated carbocycles. The lowest BCUT2D eigenvalue weighted by atomic mass is 10.2. The summed E-state index contributed by atoms with van der Waals surface area (Å²) in [6.07, 6.45) is -2.71. The summed E-state index contributed by atoms with van der Waals surface area (Å²) in [5.74, 6) is -5.77. The normalized spacial score (nSPS) is 16.0. The van der Waals surface area contributed by atoms with Crippen molar-refractivity contribution >= 4 is 5.97 Å². The molecule has 0 aliphatic carbocycles. The number of hydrogen-bond acceptors (Lipinski definition) is 4. The molecule has 18 heavy (non-hydrogen) atoms. The van der Waals surface area contributed by atoms with Crippen molar-refractivity contribution in [1.82, 2.24) is 10.9 Å². The van der Waals surface area contributed by atoms with Crippen LogP contribution in [0.3, 0.4) is 0 Å². The number of nitrogens with one attached hydrogen (secondary N) is 2. The Kier molecular flexibility index (Phi) is 4.04. The maximum absolute atomic E-state index is 12.6. The number of ether oxygens (including phenoxy) is 1. The van der Waals surface area contributed by atoms with Crippen molar-refractivity contribution in [3.8, 4) is 0 Å². The quantitative estimate of drug-likeness (QED) is 0.655. The SMILES string of the molecule is CC1=C(OCC(F)(F)C(F)F)NNC(C(=O)O)=C1. The monoisotopic (exact) mass is 270 g/mol. The summed E-state index contributed by atoms with van der Waals surface area (Å²) in [7, 11) is 0. The molecule has 3 N–H and O–H groups in total. The number of rotatable bonds is 5. The second-order valence-corrected chi connectivity index (χ2v) is 3.48. The van der Waals surface area contributed by atoms with Crippen LogP contribution in [0.4, 0.5) is 17.6 Å². The zero-order chi connectivity index (χ0) is 13.9. The first-order chi connectivity index (χ1) is 8.24. The first-order valence-corrected chi connectivity index (χ1v) is 4.70. The number of hydrazine groups is 1. The third-order valence-electron chi connectivity index (χ3n) is 1.99. The second-order valence-electron chi connectivity index (χ2n) is 3.48. The Morgan fingerprint density at radius 1 is 1.50 bits per heavy atom. The molecule has 0 aromatic carbocycles. The molecule has 0 radical (unpaired) electrons. The van der Waals surface area contributed by atoms with Gasteiger partial charge < -0.3 is 9.84 Å². The molecular formula is C9H10F4N2O3. The lowest BCUT2D eigenvalue weighted by Gasteiger charge is -2.22. The van der Waals surface area contributed by atoms with Crippen molar-refractivity contribution in [3.63, 3.8) is 0 Å². The van der Waals surface area contributed by atoms with E-state index in [0.717, 1.165) is 6.08 Å². The molecule has 9 heteroatoms. The van der Waals surface area contributed by atoms with Crippen LogP contribution in [0.2, 0.25) is 0 Å². The molecule has 0 spiro atoms. The molecule has 1 aliphatic rings. The van der Waals surface area contributed by atoms with Crippen LogP contribution >= 0.6 is 0 Å². The molecule has 0 fully saturated rings. The Hall–Kier alpha value is -1.93. The minimum absolute atomic E-state index is 0.191. The van der Waals surface area contributed by atoms with Gasteiger partial charge in [0.25, 0.3) is 0 Å². The predicted octanol–water partition coefficient (Wildman–Crippen LogP) is 1.21. The number of alkyl halides is 4. The average molecular weight is 270 g/mol. The molecule has 0 unspecified atom stereocenters. The highest BCUT2D eigenvalue weighted by Gasteiger charge is 2.42. The van der Waals surface area contributed by atoms with E-state index in [1.165, 1.54) is 6.92 Å². The molecule has 102 valence electrons. The largest absolute Gasteiger partial charge is 0.477 e. The zero-order valence-corrected chi connectivity index (χ0v) is 9.14. The van der Waals surface area contributed by atoms with Gasteiger partial charge in [0.2, 0.25) is 5.88 Å².